The molecule has 0 bridgehead atoms. The standard InChI is InChI=1S/C22H25BFN3O3/c1-21(2)22(3,4)30-23(29-21)16-8-11-18(19(24)12-16)20-25-14-27(26-20)13-15-6-9-17(28-5)10-7-15/h6-12,14H,13H2,1-5H3. The highest BCUT2D eigenvalue weighted by Crippen LogP contribution is 2.36. The quantitative estimate of drug-likeness (QED) is 0.605. The third-order valence-electron chi connectivity index (χ3n) is 5.80. The van der Waals surface area contributed by atoms with Gasteiger partial charge in [-0.15, -0.1) is 0 Å². The van der Waals surface area contributed by atoms with Crippen LogP contribution in [0.4, 0.5) is 4.39 Å². The summed E-state index contributed by atoms with van der Waals surface area (Å²) in [6.45, 7) is 8.41. The number of benzene rings is 2. The van der Waals surface area contributed by atoms with Gasteiger partial charge in [-0.2, -0.15) is 5.10 Å². The van der Waals surface area contributed by atoms with Gasteiger partial charge in [-0.05, 0) is 63.0 Å². The number of halogens is 1. The van der Waals surface area contributed by atoms with Gasteiger partial charge >= 0.3 is 7.12 Å². The van der Waals surface area contributed by atoms with Crippen LogP contribution in [0.2, 0.25) is 0 Å². The van der Waals surface area contributed by atoms with Crippen LogP contribution in [0.5, 0.6) is 5.75 Å². The highest BCUT2D eigenvalue weighted by atomic mass is 19.1. The first-order chi connectivity index (χ1) is 14.2. The molecule has 2 heterocycles. The minimum Gasteiger partial charge on any atom is -0.497 e. The summed E-state index contributed by atoms with van der Waals surface area (Å²) >= 11 is 0. The van der Waals surface area contributed by atoms with Crippen molar-refractivity contribution in [3.05, 3.63) is 60.2 Å². The van der Waals surface area contributed by atoms with Crippen LogP contribution in [-0.2, 0) is 15.9 Å². The zero-order chi connectivity index (χ0) is 21.5. The fraction of sp³-hybridized carbons (Fsp3) is 0.364. The smallest absolute Gasteiger partial charge is 0.494 e. The lowest BCUT2D eigenvalue weighted by molar-refractivity contribution is 0.00578. The van der Waals surface area contributed by atoms with Crippen molar-refractivity contribution in [1.82, 2.24) is 14.8 Å². The first-order valence-electron chi connectivity index (χ1n) is 9.86. The first-order valence-corrected chi connectivity index (χ1v) is 9.86. The van der Waals surface area contributed by atoms with Gasteiger partial charge in [-0.3, -0.25) is 0 Å². The molecule has 0 spiro atoms. The van der Waals surface area contributed by atoms with Gasteiger partial charge in [0.2, 0.25) is 0 Å². The molecule has 30 heavy (non-hydrogen) atoms. The molecule has 6 nitrogen and oxygen atoms in total. The van der Waals surface area contributed by atoms with E-state index >= 15 is 0 Å². The Labute approximate surface area is 176 Å². The van der Waals surface area contributed by atoms with E-state index in [4.69, 9.17) is 14.0 Å². The number of hydrogen-bond acceptors (Lipinski definition) is 5. The van der Waals surface area contributed by atoms with E-state index in [1.165, 1.54) is 6.07 Å². The van der Waals surface area contributed by atoms with Gasteiger partial charge in [-0.1, -0.05) is 18.2 Å². The van der Waals surface area contributed by atoms with Crippen LogP contribution in [0.15, 0.2) is 48.8 Å². The Hall–Kier alpha value is -2.71. The molecule has 1 aliphatic heterocycles. The number of hydrogen-bond donors (Lipinski definition) is 0. The Bertz CT molecular complexity index is 1030. The monoisotopic (exact) mass is 409 g/mol. The second kappa shape index (κ2) is 7.52. The van der Waals surface area contributed by atoms with Gasteiger partial charge in [0.25, 0.3) is 0 Å². The van der Waals surface area contributed by atoms with Crippen LogP contribution in [-0.4, -0.2) is 40.2 Å². The van der Waals surface area contributed by atoms with Gasteiger partial charge in [0, 0.05) is 0 Å². The van der Waals surface area contributed by atoms with Gasteiger partial charge in [0.15, 0.2) is 5.82 Å². The minimum absolute atomic E-state index is 0.335. The molecule has 0 amide bonds. The minimum atomic E-state index is -0.612. The maximum atomic E-state index is 14.9. The summed E-state index contributed by atoms with van der Waals surface area (Å²) in [5, 5.41) is 4.42. The molecule has 156 valence electrons. The normalized spacial score (nSPS) is 17.3. The van der Waals surface area contributed by atoms with Gasteiger partial charge in [0.1, 0.15) is 17.9 Å². The van der Waals surface area contributed by atoms with Crippen LogP contribution in [0, 0.1) is 5.82 Å². The third kappa shape index (κ3) is 3.85. The third-order valence-corrected chi connectivity index (χ3v) is 5.80. The van der Waals surface area contributed by atoms with Crippen molar-refractivity contribution >= 4 is 12.6 Å². The fourth-order valence-electron chi connectivity index (χ4n) is 3.25. The Morgan fingerprint density at radius 3 is 2.30 bits per heavy atom. The molecule has 0 saturated carbocycles. The largest absolute Gasteiger partial charge is 0.497 e. The lowest BCUT2D eigenvalue weighted by atomic mass is 9.78. The SMILES string of the molecule is COc1ccc(Cn2cnc(-c3ccc(B4OC(C)(C)C(C)(C)O4)cc3F)n2)cc1. The summed E-state index contributed by atoms with van der Waals surface area (Å²) in [5.74, 6) is 0.716. The summed E-state index contributed by atoms with van der Waals surface area (Å²) < 4.78 is 33.7. The first kappa shape index (κ1) is 20.6. The molecule has 1 saturated heterocycles. The molecular weight excluding hydrogens is 384 g/mol. The molecule has 1 aliphatic rings. The van der Waals surface area contributed by atoms with Gasteiger partial charge in [0.05, 0.1) is 30.4 Å². The summed E-state index contributed by atoms with van der Waals surface area (Å²) in [6.07, 6.45) is 1.60. The lowest BCUT2D eigenvalue weighted by Gasteiger charge is -2.32. The maximum Gasteiger partial charge on any atom is 0.494 e. The van der Waals surface area contributed by atoms with E-state index in [2.05, 4.69) is 10.1 Å². The van der Waals surface area contributed by atoms with E-state index in [1.807, 2.05) is 52.0 Å². The summed E-state index contributed by atoms with van der Waals surface area (Å²) in [5.41, 5.74) is 1.06. The molecule has 1 fully saturated rings. The summed E-state index contributed by atoms with van der Waals surface area (Å²) in [7, 11) is 1.02. The van der Waals surface area contributed by atoms with Crippen molar-refractivity contribution in [2.45, 2.75) is 45.4 Å². The maximum absolute atomic E-state index is 14.9. The highest BCUT2D eigenvalue weighted by molar-refractivity contribution is 6.62. The second-order valence-electron chi connectivity index (χ2n) is 8.44. The summed E-state index contributed by atoms with van der Waals surface area (Å²) in [4.78, 5) is 4.28. The van der Waals surface area contributed by atoms with Crippen LogP contribution in [0.25, 0.3) is 11.4 Å². The van der Waals surface area contributed by atoms with E-state index in [9.17, 15) is 4.39 Å². The predicted octanol–water partition coefficient (Wildman–Crippen LogP) is 3.44. The Balaban J connectivity index is 1.51. The molecule has 0 unspecified atom stereocenters. The number of ether oxygens (including phenoxy) is 1. The van der Waals surface area contributed by atoms with E-state index in [-0.39, 0.29) is 0 Å². The average molecular weight is 409 g/mol. The molecule has 4 rings (SSSR count). The number of nitrogens with zero attached hydrogens (tertiary/aromatic N) is 3. The topological polar surface area (TPSA) is 58.4 Å². The molecular formula is C22H25BFN3O3. The zero-order valence-electron chi connectivity index (χ0n) is 17.8. The Kier molecular flexibility index (Phi) is 5.16. The number of rotatable bonds is 5. The Morgan fingerprint density at radius 1 is 1.03 bits per heavy atom. The van der Waals surface area contributed by atoms with Crippen molar-refractivity contribution in [2.75, 3.05) is 7.11 Å². The number of methoxy groups -OCH3 is 1. The van der Waals surface area contributed by atoms with Crippen LogP contribution in [0.1, 0.15) is 33.3 Å². The summed E-state index contributed by atoms with van der Waals surface area (Å²) in [6, 6.07) is 12.6. The molecule has 0 aliphatic carbocycles. The molecule has 0 atom stereocenters. The molecule has 0 N–H and O–H groups in total. The van der Waals surface area contributed by atoms with Gasteiger partial charge in [-0.25, -0.2) is 14.1 Å². The fourth-order valence-corrected chi connectivity index (χ4v) is 3.25. The molecule has 3 aromatic rings. The average Bonchev–Trinajstić information content (AvgIpc) is 3.23. The van der Waals surface area contributed by atoms with Crippen LogP contribution < -0.4 is 10.2 Å². The van der Waals surface area contributed by atoms with E-state index in [1.54, 1.807) is 30.3 Å². The second-order valence-corrected chi connectivity index (χ2v) is 8.44. The van der Waals surface area contributed by atoms with Crippen molar-refractivity contribution in [3.8, 4) is 17.1 Å². The zero-order valence-corrected chi connectivity index (χ0v) is 17.8. The van der Waals surface area contributed by atoms with Crippen molar-refractivity contribution in [1.29, 1.82) is 0 Å². The van der Waals surface area contributed by atoms with E-state index in [0.29, 0.717) is 23.4 Å². The van der Waals surface area contributed by atoms with Crippen LogP contribution >= 0.6 is 0 Å². The molecule has 1 aromatic heterocycles. The Morgan fingerprint density at radius 2 is 1.70 bits per heavy atom. The molecule has 0 radical (unpaired) electrons. The van der Waals surface area contributed by atoms with E-state index in [0.717, 1.165) is 11.3 Å². The lowest BCUT2D eigenvalue weighted by Crippen LogP contribution is -2.41. The van der Waals surface area contributed by atoms with Crippen molar-refractivity contribution < 1.29 is 18.4 Å². The van der Waals surface area contributed by atoms with Crippen molar-refractivity contribution in [2.24, 2.45) is 0 Å². The van der Waals surface area contributed by atoms with Gasteiger partial charge < -0.3 is 14.0 Å². The van der Waals surface area contributed by atoms with Crippen LogP contribution in [0.3, 0.4) is 0 Å². The molecule has 8 heteroatoms. The van der Waals surface area contributed by atoms with E-state index < -0.39 is 24.1 Å². The highest BCUT2D eigenvalue weighted by Gasteiger charge is 2.51. The predicted molar refractivity (Wildman–Crippen MR) is 113 cm³/mol. The van der Waals surface area contributed by atoms with Crippen molar-refractivity contribution in [3.63, 3.8) is 0 Å². The number of aromatic nitrogens is 3. The molecule has 2 aromatic carbocycles.